The van der Waals surface area contributed by atoms with Crippen LogP contribution in [0, 0.1) is 19.8 Å². The number of pyridine rings is 1. The third-order valence-electron chi connectivity index (χ3n) is 5.21. The first-order valence-electron chi connectivity index (χ1n) is 9.96. The van der Waals surface area contributed by atoms with Crippen LogP contribution < -0.4 is 0 Å². The number of carbonyl (C=O) groups is 1. The fourth-order valence-corrected chi connectivity index (χ4v) is 3.60. The molecule has 0 aliphatic carbocycles. The summed E-state index contributed by atoms with van der Waals surface area (Å²) < 4.78 is 2.23. The Morgan fingerprint density at radius 3 is 2.39 bits per heavy atom. The standard InChI is InChI=1S/C23H29N3O2/c1-14(2)22-25-21-17(5)24-16(4)13-20(21)26(22)19-11-9-18(10-12-19)8-6-7-15(3)23(27)28/h9-15H,6-8H2,1-5H3,(H,27,28). The summed E-state index contributed by atoms with van der Waals surface area (Å²) in [6.45, 7) is 10.1. The van der Waals surface area contributed by atoms with Crippen LogP contribution in [-0.4, -0.2) is 25.6 Å². The SMILES string of the molecule is Cc1cc2c(nc(C(C)C)n2-c2ccc(CCCC(C)C(=O)O)cc2)c(C)n1. The third-order valence-corrected chi connectivity index (χ3v) is 5.21. The molecule has 1 N–H and O–H groups in total. The molecule has 28 heavy (non-hydrogen) atoms. The van der Waals surface area contributed by atoms with E-state index in [1.165, 1.54) is 5.56 Å². The average molecular weight is 380 g/mol. The van der Waals surface area contributed by atoms with E-state index >= 15 is 0 Å². The average Bonchev–Trinajstić information content (AvgIpc) is 3.02. The summed E-state index contributed by atoms with van der Waals surface area (Å²) in [5.74, 6) is 0.326. The number of nitrogens with zero attached hydrogens (tertiary/aromatic N) is 3. The predicted octanol–water partition coefficient (Wildman–Crippen LogP) is 5.20. The number of imidazole rings is 1. The molecular weight excluding hydrogens is 350 g/mol. The van der Waals surface area contributed by atoms with E-state index in [1.807, 2.05) is 13.8 Å². The Bertz CT molecular complexity index is 987. The van der Waals surface area contributed by atoms with Crippen molar-refractivity contribution in [3.05, 3.63) is 53.1 Å². The summed E-state index contributed by atoms with van der Waals surface area (Å²) >= 11 is 0. The number of aryl methyl sites for hydroxylation is 3. The minimum atomic E-state index is -0.719. The lowest BCUT2D eigenvalue weighted by Gasteiger charge is -2.13. The van der Waals surface area contributed by atoms with Gasteiger partial charge in [-0.3, -0.25) is 14.3 Å². The van der Waals surface area contributed by atoms with E-state index in [0.717, 1.165) is 46.8 Å². The number of aromatic nitrogens is 3. The van der Waals surface area contributed by atoms with Crippen LogP contribution in [-0.2, 0) is 11.2 Å². The molecule has 0 fully saturated rings. The van der Waals surface area contributed by atoms with Crippen molar-refractivity contribution in [3.8, 4) is 5.69 Å². The molecule has 0 amide bonds. The Labute approximate surface area is 166 Å². The quantitative estimate of drug-likeness (QED) is 0.612. The molecule has 0 bridgehead atoms. The molecule has 1 unspecified atom stereocenters. The number of aliphatic carboxylic acids is 1. The lowest BCUT2D eigenvalue weighted by atomic mass is 10.0. The van der Waals surface area contributed by atoms with Crippen LogP contribution in [0.5, 0.6) is 0 Å². The summed E-state index contributed by atoms with van der Waals surface area (Å²) in [5.41, 5.74) is 6.33. The topological polar surface area (TPSA) is 68.0 Å². The van der Waals surface area contributed by atoms with Gasteiger partial charge in [-0.1, -0.05) is 32.9 Å². The van der Waals surface area contributed by atoms with Crippen molar-refractivity contribution < 1.29 is 9.90 Å². The Hall–Kier alpha value is -2.69. The fourth-order valence-electron chi connectivity index (χ4n) is 3.60. The van der Waals surface area contributed by atoms with Gasteiger partial charge in [0.1, 0.15) is 11.3 Å². The lowest BCUT2D eigenvalue weighted by Crippen LogP contribution is -2.09. The van der Waals surface area contributed by atoms with Crippen molar-refractivity contribution in [2.24, 2.45) is 5.92 Å². The highest BCUT2D eigenvalue weighted by atomic mass is 16.4. The zero-order valence-corrected chi connectivity index (χ0v) is 17.4. The minimum Gasteiger partial charge on any atom is -0.481 e. The fraction of sp³-hybridized carbons (Fsp3) is 0.435. The molecule has 0 saturated heterocycles. The highest BCUT2D eigenvalue weighted by molar-refractivity contribution is 5.80. The van der Waals surface area contributed by atoms with E-state index in [4.69, 9.17) is 10.1 Å². The first-order chi connectivity index (χ1) is 13.3. The molecule has 5 nitrogen and oxygen atoms in total. The summed E-state index contributed by atoms with van der Waals surface area (Å²) in [4.78, 5) is 20.4. The Morgan fingerprint density at radius 2 is 1.79 bits per heavy atom. The van der Waals surface area contributed by atoms with Gasteiger partial charge < -0.3 is 5.11 Å². The molecule has 2 heterocycles. The molecule has 0 spiro atoms. The van der Waals surface area contributed by atoms with Crippen molar-refractivity contribution >= 4 is 17.0 Å². The predicted molar refractivity (Wildman–Crippen MR) is 112 cm³/mol. The van der Waals surface area contributed by atoms with Crippen LogP contribution >= 0.6 is 0 Å². The second-order valence-electron chi connectivity index (χ2n) is 7.97. The third kappa shape index (κ3) is 4.08. The molecule has 5 heteroatoms. The first kappa shape index (κ1) is 20.1. The Balaban J connectivity index is 1.90. The van der Waals surface area contributed by atoms with Crippen LogP contribution in [0.15, 0.2) is 30.3 Å². The van der Waals surface area contributed by atoms with Crippen LogP contribution in [0.3, 0.4) is 0 Å². The molecule has 0 saturated carbocycles. The van der Waals surface area contributed by atoms with Gasteiger partial charge in [-0.15, -0.1) is 0 Å². The van der Waals surface area contributed by atoms with E-state index in [0.29, 0.717) is 12.3 Å². The van der Waals surface area contributed by atoms with Crippen molar-refractivity contribution in [1.29, 1.82) is 0 Å². The first-order valence-corrected chi connectivity index (χ1v) is 9.96. The molecule has 3 aromatic rings. The van der Waals surface area contributed by atoms with E-state index in [2.05, 4.69) is 53.7 Å². The van der Waals surface area contributed by atoms with E-state index in [-0.39, 0.29) is 5.92 Å². The summed E-state index contributed by atoms with van der Waals surface area (Å²) in [5, 5.41) is 9.00. The van der Waals surface area contributed by atoms with Crippen LogP contribution in [0.25, 0.3) is 16.7 Å². The molecular formula is C23H29N3O2. The summed E-state index contributed by atoms with van der Waals surface area (Å²) in [6, 6.07) is 10.6. The maximum absolute atomic E-state index is 10.9. The van der Waals surface area contributed by atoms with Gasteiger partial charge in [-0.05, 0) is 56.9 Å². The van der Waals surface area contributed by atoms with Crippen LogP contribution in [0.4, 0.5) is 0 Å². The van der Waals surface area contributed by atoms with Gasteiger partial charge in [0.25, 0.3) is 0 Å². The lowest BCUT2D eigenvalue weighted by molar-refractivity contribution is -0.141. The zero-order valence-electron chi connectivity index (χ0n) is 17.4. The highest BCUT2D eigenvalue weighted by Gasteiger charge is 2.17. The van der Waals surface area contributed by atoms with Gasteiger partial charge in [-0.25, -0.2) is 4.98 Å². The molecule has 148 valence electrons. The smallest absolute Gasteiger partial charge is 0.306 e. The molecule has 1 aromatic carbocycles. The second-order valence-corrected chi connectivity index (χ2v) is 7.97. The van der Waals surface area contributed by atoms with E-state index < -0.39 is 5.97 Å². The van der Waals surface area contributed by atoms with Crippen LogP contribution in [0.2, 0.25) is 0 Å². The Morgan fingerprint density at radius 1 is 1.11 bits per heavy atom. The number of hydrogen-bond donors (Lipinski definition) is 1. The molecule has 0 aliphatic heterocycles. The number of hydrogen-bond acceptors (Lipinski definition) is 3. The second kappa shape index (κ2) is 8.13. The highest BCUT2D eigenvalue weighted by Crippen LogP contribution is 2.28. The van der Waals surface area contributed by atoms with Gasteiger partial charge in [0, 0.05) is 17.3 Å². The molecule has 2 aromatic heterocycles. The molecule has 0 aliphatic rings. The maximum atomic E-state index is 10.9. The summed E-state index contributed by atoms with van der Waals surface area (Å²) in [7, 11) is 0. The zero-order chi connectivity index (χ0) is 20.4. The number of benzene rings is 1. The monoisotopic (exact) mass is 379 g/mol. The van der Waals surface area contributed by atoms with Crippen molar-refractivity contribution in [3.63, 3.8) is 0 Å². The number of carboxylic acids is 1. The number of carboxylic acid groups (broad SMARTS) is 1. The number of fused-ring (bicyclic) bond motifs is 1. The normalized spacial score (nSPS) is 12.6. The van der Waals surface area contributed by atoms with Gasteiger partial charge in [0.15, 0.2) is 0 Å². The number of rotatable bonds is 7. The van der Waals surface area contributed by atoms with Crippen molar-refractivity contribution in [2.75, 3.05) is 0 Å². The van der Waals surface area contributed by atoms with Gasteiger partial charge >= 0.3 is 5.97 Å². The van der Waals surface area contributed by atoms with Gasteiger partial charge in [0.2, 0.25) is 0 Å². The van der Waals surface area contributed by atoms with Crippen molar-refractivity contribution in [2.45, 2.75) is 59.8 Å². The molecule has 1 atom stereocenters. The largest absolute Gasteiger partial charge is 0.481 e. The van der Waals surface area contributed by atoms with Gasteiger partial charge in [0.05, 0.1) is 17.1 Å². The van der Waals surface area contributed by atoms with Crippen LogP contribution in [0.1, 0.15) is 62.3 Å². The molecule has 0 radical (unpaired) electrons. The van der Waals surface area contributed by atoms with E-state index in [1.54, 1.807) is 6.92 Å². The minimum absolute atomic E-state index is 0.287. The van der Waals surface area contributed by atoms with E-state index in [9.17, 15) is 4.79 Å². The van der Waals surface area contributed by atoms with Crippen molar-refractivity contribution in [1.82, 2.24) is 14.5 Å². The maximum Gasteiger partial charge on any atom is 0.306 e. The Kier molecular flexibility index (Phi) is 5.82. The molecule has 3 rings (SSSR count). The summed E-state index contributed by atoms with van der Waals surface area (Å²) in [6.07, 6.45) is 2.47. The van der Waals surface area contributed by atoms with Gasteiger partial charge in [-0.2, -0.15) is 0 Å².